The second kappa shape index (κ2) is 11.3. The van der Waals surface area contributed by atoms with Crippen molar-refractivity contribution in [2.24, 2.45) is 0 Å². The molecule has 0 fully saturated rings. The van der Waals surface area contributed by atoms with Crippen molar-refractivity contribution in [2.45, 2.75) is 17.7 Å². The molecule has 0 saturated carbocycles. The minimum Gasteiger partial charge on any atom is -0.387 e. The molecule has 0 aliphatic rings. The Morgan fingerprint density at radius 3 is 1.56 bits per heavy atom. The molecule has 0 aromatic heterocycles. The number of hydrogen-bond acceptors (Lipinski definition) is 5. The number of non-ortho nitro benzene ring substituents is 1. The smallest absolute Gasteiger partial charge is 0.269 e. The molecule has 0 amide bonds. The van der Waals surface area contributed by atoms with Crippen LogP contribution in [-0.4, -0.2) is 41.7 Å². The van der Waals surface area contributed by atoms with Gasteiger partial charge in [0.25, 0.3) is 5.69 Å². The molecule has 0 bridgehead atoms. The van der Waals surface area contributed by atoms with Crippen molar-refractivity contribution in [3.63, 3.8) is 0 Å². The molecule has 2 atom stereocenters. The van der Waals surface area contributed by atoms with Gasteiger partial charge in [0.1, 0.15) is 5.60 Å². The fraction of sp³-hybridized carbons (Fsp3) is 0.200. The number of likely N-dealkylation sites (N-methyl/N-ethyl adjacent to an activating group) is 1. The Labute approximate surface area is 211 Å². The average Bonchev–Trinajstić information content (AvgIpc) is 2.92. The van der Waals surface area contributed by atoms with Crippen molar-refractivity contribution in [3.05, 3.63) is 148 Å². The summed E-state index contributed by atoms with van der Waals surface area (Å²) in [5.74, 6) is 0. The number of aliphatic hydroxyl groups excluding tert-OH is 1. The fourth-order valence-electron chi connectivity index (χ4n) is 4.52. The highest BCUT2D eigenvalue weighted by Crippen LogP contribution is 2.41. The molecule has 4 aromatic rings. The summed E-state index contributed by atoms with van der Waals surface area (Å²) < 4.78 is 6.91. The lowest BCUT2D eigenvalue weighted by Crippen LogP contribution is -2.42. The van der Waals surface area contributed by atoms with Gasteiger partial charge in [-0.15, -0.1) is 0 Å². The van der Waals surface area contributed by atoms with E-state index < -0.39 is 22.7 Å². The topological polar surface area (TPSA) is 75.8 Å². The van der Waals surface area contributed by atoms with Crippen molar-refractivity contribution in [1.82, 2.24) is 4.90 Å². The van der Waals surface area contributed by atoms with E-state index in [9.17, 15) is 15.2 Å². The van der Waals surface area contributed by atoms with Gasteiger partial charge in [-0.2, -0.15) is 0 Å². The van der Waals surface area contributed by atoms with Crippen LogP contribution >= 0.6 is 0 Å². The maximum absolute atomic E-state index is 11.3. The minimum atomic E-state index is -0.916. The van der Waals surface area contributed by atoms with E-state index >= 15 is 0 Å². The molecule has 0 saturated heterocycles. The summed E-state index contributed by atoms with van der Waals surface area (Å²) in [6.45, 7) is 0.198. The van der Waals surface area contributed by atoms with E-state index in [1.807, 2.05) is 73.6 Å². The number of nitro benzene ring substituents is 1. The summed E-state index contributed by atoms with van der Waals surface area (Å²) >= 11 is 0. The SMILES string of the molecule is CN(C)[C@H](COC(c1ccccc1)(c1ccccc1)c1ccccc1)[C@H](O)c1ccc([N+](=O)[O-])cc1. The average molecular weight is 483 g/mol. The van der Waals surface area contributed by atoms with Crippen LogP contribution in [0.4, 0.5) is 5.69 Å². The fourth-order valence-corrected chi connectivity index (χ4v) is 4.52. The molecule has 0 unspecified atom stereocenters. The lowest BCUT2D eigenvalue weighted by Gasteiger charge is -2.39. The lowest BCUT2D eigenvalue weighted by atomic mass is 9.80. The first-order valence-corrected chi connectivity index (χ1v) is 11.8. The van der Waals surface area contributed by atoms with E-state index in [4.69, 9.17) is 4.74 Å². The molecule has 6 nitrogen and oxygen atoms in total. The van der Waals surface area contributed by atoms with E-state index in [-0.39, 0.29) is 12.3 Å². The van der Waals surface area contributed by atoms with Crippen LogP contribution in [-0.2, 0) is 10.3 Å². The van der Waals surface area contributed by atoms with E-state index in [0.29, 0.717) is 5.56 Å². The van der Waals surface area contributed by atoms with E-state index in [1.54, 1.807) is 12.1 Å². The summed E-state index contributed by atoms with van der Waals surface area (Å²) in [5, 5.41) is 22.4. The van der Waals surface area contributed by atoms with Crippen molar-refractivity contribution >= 4 is 5.69 Å². The van der Waals surface area contributed by atoms with Gasteiger partial charge in [0.2, 0.25) is 0 Å². The second-order valence-corrected chi connectivity index (χ2v) is 8.91. The molecule has 0 spiro atoms. The minimum absolute atomic E-state index is 0.0140. The first-order valence-electron chi connectivity index (χ1n) is 11.8. The van der Waals surface area contributed by atoms with Crippen LogP contribution in [0.2, 0.25) is 0 Å². The maximum atomic E-state index is 11.3. The zero-order chi connectivity index (χ0) is 25.5. The highest BCUT2D eigenvalue weighted by molar-refractivity contribution is 5.47. The van der Waals surface area contributed by atoms with Gasteiger partial charge < -0.3 is 14.7 Å². The zero-order valence-corrected chi connectivity index (χ0v) is 20.4. The van der Waals surface area contributed by atoms with Gasteiger partial charge in [-0.25, -0.2) is 0 Å². The van der Waals surface area contributed by atoms with Crippen molar-refractivity contribution in [1.29, 1.82) is 0 Å². The van der Waals surface area contributed by atoms with Crippen LogP contribution in [0.3, 0.4) is 0 Å². The van der Waals surface area contributed by atoms with Gasteiger partial charge in [-0.1, -0.05) is 91.0 Å². The van der Waals surface area contributed by atoms with Crippen molar-refractivity contribution in [2.75, 3.05) is 20.7 Å². The monoisotopic (exact) mass is 482 g/mol. The number of nitrogens with zero attached hydrogens (tertiary/aromatic N) is 2. The molecule has 4 rings (SSSR count). The molecule has 4 aromatic carbocycles. The number of aliphatic hydroxyl groups is 1. The Bertz CT molecular complexity index is 1150. The third kappa shape index (κ3) is 5.21. The number of ether oxygens (including phenoxy) is 1. The van der Waals surface area contributed by atoms with Gasteiger partial charge in [0.05, 0.1) is 23.7 Å². The van der Waals surface area contributed by atoms with Crippen LogP contribution < -0.4 is 0 Å². The normalized spacial score (nSPS) is 13.3. The highest BCUT2D eigenvalue weighted by atomic mass is 16.6. The van der Waals surface area contributed by atoms with Crippen LogP contribution in [0.15, 0.2) is 115 Å². The molecular formula is C30H30N2O4. The van der Waals surface area contributed by atoms with E-state index in [0.717, 1.165) is 16.7 Å². The Hall–Kier alpha value is -3.84. The number of nitro groups is 1. The highest BCUT2D eigenvalue weighted by Gasteiger charge is 2.39. The zero-order valence-electron chi connectivity index (χ0n) is 20.4. The summed E-state index contributed by atoms with van der Waals surface area (Å²) in [5.41, 5.74) is 2.60. The second-order valence-electron chi connectivity index (χ2n) is 8.91. The molecule has 1 N–H and O–H groups in total. The van der Waals surface area contributed by atoms with Gasteiger partial charge in [0, 0.05) is 12.1 Å². The molecule has 36 heavy (non-hydrogen) atoms. The predicted molar refractivity (Wildman–Crippen MR) is 141 cm³/mol. The maximum Gasteiger partial charge on any atom is 0.269 e. The van der Waals surface area contributed by atoms with Crippen LogP contribution in [0.25, 0.3) is 0 Å². The Kier molecular flexibility index (Phi) is 7.90. The van der Waals surface area contributed by atoms with Crippen LogP contribution in [0.5, 0.6) is 0 Å². The Balaban J connectivity index is 1.75. The van der Waals surface area contributed by atoms with Crippen molar-refractivity contribution < 1.29 is 14.8 Å². The summed E-state index contributed by atoms with van der Waals surface area (Å²) in [7, 11) is 3.77. The third-order valence-corrected chi connectivity index (χ3v) is 6.48. The van der Waals surface area contributed by atoms with Crippen LogP contribution in [0.1, 0.15) is 28.4 Å². The van der Waals surface area contributed by atoms with E-state index in [1.165, 1.54) is 12.1 Å². The summed E-state index contributed by atoms with van der Waals surface area (Å²) in [6.07, 6.45) is -0.916. The quantitative estimate of drug-likeness (QED) is 0.182. The molecule has 0 heterocycles. The Morgan fingerprint density at radius 2 is 1.19 bits per heavy atom. The summed E-state index contributed by atoms with van der Waals surface area (Å²) in [6, 6.07) is 35.8. The number of benzene rings is 4. The van der Waals surface area contributed by atoms with E-state index in [2.05, 4.69) is 36.4 Å². The Morgan fingerprint density at radius 1 is 0.778 bits per heavy atom. The summed E-state index contributed by atoms with van der Waals surface area (Å²) in [4.78, 5) is 12.5. The third-order valence-electron chi connectivity index (χ3n) is 6.48. The van der Waals surface area contributed by atoms with Gasteiger partial charge in [0.15, 0.2) is 0 Å². The van der Waals surface area contributed by atoms with Crippen molar-refractivity contribution in [3.8, 4) is 0 Å². The van der Waals surface area contributed by atoms with Crippen LogP contribution in [0, 0.1) is 10.1 Å². The first kappa shape index (κ1) is 25.3. The molecular weight excluding hydrogens is 452 g/mol. The molecule has 6 heteroatoms. The molecule has 0 radical (unpaired) electrons. The molecule has 184 valence electrons. The largest absolute Gasteiger partial charge is 0.387 e. The standard InChI is InChI=1S/C30H30N2O4/c1-31(2)28(29(33)23-18-20-27(21-19-23)32(34)35)22-36-30(24-12-6-3-7-13-24,25-14-8-4-9-15-25)26-16-10-5-11-17-26/h3-21,28-29,33H,22H2,1-2H3/t28-,29-/m1/s1. The molecule has 0 aliphatic carbocycles. The number of rotatable bonds is 10. The lowest BCUT2D eigenvalue weighted by molar-refractivity contribution is -0.384. The van der Waals surface area contributed by atoms with Gasteiger partial charge in [-0.3, -0.25) is 10.1 Å². The van der Waals surface area contributed by atoms with Gasteiger partial charge >= 0.3 is 0 Å². The predicted octanol–water partition coefficient (Wildman–Crippen LogP) is 5.57. The van der Waals surface area contributed by atoms with Gasteiger partial charge in [-0.05, 0) is 48.5 Å². The number of hydrogen-bond donors (Lipinski definition) is 1. The molecule has 0 aliphatic heterocycles. The first-order chi connectivity index (χ1) is 17.4.